The molecule has 0 aromatic heterocycles. The van der Waals surface area contributed by atoms with Gasteiger partial charge in [-0.25, -0.2) is 13.2 Å². The van der Waals surface area contributed by atoms with Crippen LogP contribution in [0.25, 0.3) is 0 Å². The van der Waals surface area contributed by atoms with Crippen molar-refractivity contribution in [2.75, 3.05) is 24.6 Å². The molecule has 2 unspecified atom stereocenters. The lowest BCUT2D eigenvalue weighted by atomic mass is 9.98. The third kappa shape index (κ3) is 6.52. The quantitative estimate of drug-likeness (QED) is 0.800. The summed E-state index contributed by atoms with van der Waals surface area (Å²) < 4.78 is 28.2. The Morgan fingerprint density at radius 2 is 2.05 bits per heavy atom. The number of carbonyl (C=O) groups excluding carboxylic acids is 1. The van der Waals surface area contributed by atoms with E-state index in [1.54, 1.807) is 11.8 Å². The Hall–Kier alpha value is -0.820. The first kappa shape index (κ1) is 19.2. The molecular formula is C15H29NO5S. The van der Waals surface area contributed by atoms with Gasteiger partial charge >= 0.3 is 6.09 Å². The zero-order valence-electron chi connectivity index (χ0n) is 14.0. The van der Waals surface area contributed by atoms with Gasteiger partial charge < -0.3 is 14.7 Å². The molecule has 0 aromatic rings. The van der Waals surface area contributed by atoms with Crippen LogP contribution in [0.5, 0.6) is 0 Å². The van der Waals surface area contributed by atoms with E-state index in [1.165, 1.54) is 0 Å². The minimum Gasteiger partial charge on any atom is -0.444 e. The predicted molar refractivity (Wildman–Crippen MR) is 85.5 cm³/mol. The average Bonchev–Trinajstić information content (AvgIpc) is 2.86. The van der Waals surface area contributed by atoms with Crippen molar-refractivity contribution >= 4 is 15.9 Å². The van der Waals surface area contributed by atoms with Crippen molar-refractivity contribution in [3.05, 3.63) is 0 Å². The van der Waals surface area contributed by atoms with E-state index < -0.39 is 21.5 Å². The third-order valence-electron chi connectivity index (χ3n) is 3.82. The molecule has 0 saturated carbocycles. The van der Waals surface area contributed by atoms with E-state index >= 15 is 0 Å². The normalized spacial score (nSPS) is 21.0. The van der Waals surface area contributed by atoms with Gasteiger partial charge in [-0.2, -0.15) is 0 Å². The average molecular weight is 335 g/mol. The van der Waals surface area contributed by atoms with Crippen LogP contribution in [0, 0.1) is 5.92 Å². The maximum absolute atomic E-state index is 12.0. The Morgan fingerprint density at radius 1 is 1.41 bits per heavy atom. The molecule has 0 aliphatic carbocycles. The number of carbonyl (C=O) groups is 1. The van der Waals surface area contributed by atoms with Crippen molar-refractivity contribution in [2.45, 2.75) is 58.7 Å². The molecule has 1 amide bonds. The molecule has 0 radical (unpaired) electrons. The van der Waals surface area contributed by atoms with Crippen LogP contribution in [0.15, 0.2) is 0 Å². The topological polar surface area (TPSA) is 83.9 Å². The van der Waals surface area contributed by atoms with Gasteiger partial charge in [-0.3, -0.25) is 0 Å². The number of ether oxygens (including phenoxy) is 1. The molecule has 1 heterocycles. The van der Waals surface area contributed by atoms with Crippen LogP contribution in [0.2, 0.25) is 0 Å². The van der Waals surface area contributed by atoms with Crippen molar-refractivity contribution in [1.82, 2.24) is 4.90 Å². The van der Waals surface area contributed by atoms with Crippen LogP contribution in [0.1, 0.15) is 47.0 Å². The molecule has 6 nitrogen and oxygen atoms in total. The van der Waals surface area contributed by atoms with Crippen LogP contribution in [-0.4, -0.2) is 60.8 Å². The maximum atomic E-state index is 12.0. The van der Waals surface area contributed by atoms with E-state index in [2.05, 4.69) is 0 Å². The second-order valence-corrected chi connectivity index (χ2v) is 9.39. The van der Waals surface area contributed by atoms with Gasteiger partial charge in [0.2, 0.25) is 0 Å². The third-order valence-corrected chi connectivity index (χ3v) is 5.61. The van der Waals surface area contributed by atoms with Crippen molar-refractivity contribution in [1.29, 1.82) is 0 Å². The van der Waals surface area contributed by atoms with Gasteiger partial charge in [0, 0.05) is 24.8 Å². The number of sulfone groups is 1. The minimum absolute atomic E-state index is 0.00292. The molecule has 0 spiro atoms. The highest BCUT2D eigenvalue weighted by atomic mass is 32.2. The molecular weight excluding hydrogens is 306 g/mol. The summed E-state index contributed by atoms with van der Waals surface area (Å²) in [7, 11) is -2.98. The Labute approximate surface area is 133 Å². The van der Waals surface area contributed by atoms with E-state index in [0.717, 1.165) is 6.42 Å². The number of aliphatic hydroxyl groups is 1. The molecule has 2 atom stereocenters. The van der Waals surface area contributed by atoms with Crippen LogP contribution < -0.4 is 0 Å². The predicted octanol–water partition coefficient (Wildman–Crippen LogP) is 1.82. The fraction of sp³-hybridized carbons (Fsp3) is 0.933. The molecule has 1 N–H and O–H groups in total. The lowest BCUT2D eigenvalue weighted by molar-refractivity contribution is 0.0266. The summed E-state index contributed by atoms with van der Waals surface area (Å²) >= 11 is 0. The van der Waals surface area contributed by atoms with Gasteiger partial charge in [-0.05, 0) is 40.0 Å². The van der Waals surface area contributed by atoms with E-state index in [1.807, 2.05) is 20.8 Å². The second-order valence-electron chi connectivity index (χ2n) is 6.92. The summed E-state index contributed by atoms with van der Waals surface area (Å²) in [5, 5.41) is 10.2. The maximum Gasteiger partial charge on any atom is 0.410 e. The summed E-state index contributed by atoms with van der Waals surface area (Å²) in [4.78, 5) is 13.6. The Kier molecular flexibility index (Phi) is 6.67. The van der Waals surface area contributed by atoms with Crippen LogP contribution >= 0.6 is 0 Å². The molecule has 130 valence electrons. The lowest BCUT2D eigenvalue weighted by Gasteiger charge is -2.25. The number of hydrogen-bond donors (Lipinski definition) is 1. The van der Waals surface area contributed by atoms with Gasteiger partial charge in [0.1, 0.15) is 15.4 Å². The smallest absolute Gasteiger partial charge is 0.410 e. The SMILES string of the molecule is CCS(=O)(=O)CCCC(O)C1CCN(C(=O)OC(C)(C)C)C1. The zero-order valence-corrected chi connectivity index (χ0v) is 14.9. The molecule has 0 bridgehead atoms. The van der Waals surface area contributed by atoms with Crippen molar-refractivity contribution in [3.8, 4) is 0 Å². The largest absolute Gasteiger partial charge is 0.444 e. The molecule has 22 heavy (non-hydrogen) atoms. The Balaban J connectivity index is 2.38. The first-order chi connectivity index (χ1) is 10.0. The van der Waals surface area contributed by atoms with Crippen molar-refractivity contribution in [3.63, 3.8) is 0 Å². The second kappa shape index (κ2) is 7.64. The van der Waals surface area contributed by atoms with Gasteiger partial charge in [0.15, 0.2) is 0 Å². The van der Waals surface area contributed by atoms with E-state index in [9.17, 15) is 18.3 Å². The summed E-state index contributed by atoms with van der Waals surface area (Å²) in [6.07, 6.45) is 0.711. The number of rotatable bonds is 6. The molecule has 1 saturated heterocycles. The standard InChI is InChI=1S/C15H29NO5S/c1-5-22(19,20)10-6-7-13(17)12-8-9-16(11-12)14(18)21-15(2,3)4/h12-13,17H,5-11H2,1-4H3. The minimum atomic E-state index is -2.98. The van der Waals surface area contributed by atoms with Crippen molar-refractivity contribution < 1.29 is 23.1 Å². The molecule has 1 rings (SSSR count). The summed E-state index contributed by atoms with van der Waals surface area (Å²) in [6, 6.07) is 0. The number of nitrogens with zero attached hydrogens (tertiary/aromatic N) is 1. The van der Waals surface area contributed by atoms with E-state index in [4.69, 9.17) is 4.74 Å². The first-order valence-electron chi connectivity index (χ1n) is 7.90. The molecule has 1 aliphatic heterocycles. The lowest BCUT2D eigenvalue weighted by Crippen LogP contribution is -2.36. The van der Waals surface area contributed by atoms with Gasteiger partial charge in [0.05, 0.1) is 11.9 Å². The fourth-order valence-corrected chi connectivity index (χ4v) is 3.38. The number of likely N-dealkylation sites (tertiary alicyclic amines) is 1. The van der Waals surface area contributed by atoms with Gasteiger partial charge in [0.25, 0.3) is 0 Å². The van der Waals surface area contributed by atoms with Crippen molar-refractivity contribution in [2.24, 2.45) is 5.92 Å². The number of hydrogen-bond acceptors (Lipinski definition) is 5. The summed E-state index contributed by atoms with van der Waals surface area (Å²) in [6.45, 7) is 8.13. The Morgan fingerprint density at radius 3 is 2.59 bits per heavy atom. The number of amides is 1. The molecule has 1 aliphatic rings. The summed E-state index contributed by atoms with van der Waals surface area (Å²) in [5.41, 5.74) is -0.525. The monoisotopic (exact) mass is 335 g/mol. The number of aliphatic hydroxyl groups excluding tert-OH is 1. The zero-order chi connectivity index (χ0) is 17.0. The van der Waals surface area contributed by atoms with Gasteiger partial charge in [-0.15, -0.1) is 0 Å². The first-order valence-corrected chi connectivity index (χ1v) is 9.72. The van der Waals surface area contributed by atoms with Crippen LogP contribution in [0.4, 0.5) is 4.79 Å². The highest BCUT2D eigenvalue weighted by Gasteiger charge is 2.33. The van der Waals surface area contributed by atoms with Gasteiger partial charge in [-0.1, -0.05) is 6.92 Å². The van der Waals surface area contributed by atoms with E-state index in [-0.39, 0.29) is 23.5 Å². The summed E-state index contributed by atoms with van der Waals surface area (Å²) in [5.74, 6) is 0.249. The van der Waals surface area contributed by atoms with E-state index in [0.29, 0.717) is 25.9 Å². The molecule has 0 aromatic carbocycles. The molecule has 7 heteroatoms. The highest BCUT2D eigenvalue weighted by molar-refractivity contribution is 7.91. The molecule has 1 fully saturated rings. The van der Waals surface area contributed by atoms with Crippen LogP contribution in [-0.2, 0) is 14.6 Å². The highest BCUT2D eigenvalue weighted by Crippen LogP contribution is 2.24. The van der Waals surface area contributed by atoms with Crippen LogP contribution in [0.3, 0.4) is 0 Å². The fourth-order valence-electron chi connectivity index (χ4n) is 2.49. The Bertz CT molecular complexity index is 469.